The minimum Gasteiger partial charge on any atom is -0.462 e. The topological polar surface area (TPSA) is 83.9 Å². The number of ether oxygens (including phenoxy) is 1. The number of imide groups is 1. The summed E-state index contributed by atoms with van der Waals surface area (Å²) in [6, 6.07) is 15.7. The van der Waals surface area contributed by atoms with Gasteiger partial charge in [-0.25, -0.2) is 4.79 Å². The molecule has 0 radical (unpaired) electrons. The molecule has 0 atom stereocenters. The first-order chi connectivity index (χ1) is 14.6. The van der Waals surface area contributed by atoms with E-state index < -0.39 is 5.97 Å². The molecule has 1 aliphatic rings. The molecule has 0 fully saturated rings. The van der Waals surface area contributed by atoms with Gasteiger partial charge in [0.1, 0.15) is 0 Å². The minimum atomic E-state index is -0.396. The second kappa shape index (κ2) is 10.2. The number of esters is 1. The Labute approximate surface area is 179 Å². The highest BCUT2D eigenvalue weighted by molar-refractivity contribution is 8.04. The molecule has 1 aliphatic heterocycles. The predicted octanol–water partition coefficient (Wildman–Crippen LogP) is 3.26. The van der Waals surface area contributed by atoms with Crippen molar-refractivity contribution in [2.45, 2.75) is 19.9 Å². The monoisotopic (exact) mass is 425 g/mol. The van der Waals surface area contributed by atoms with Gasteiger partial charge < -0.3 is 9.84 Å². The average molecular weight is 426 g/mol. The van der Waals surface area contributed by atoms with Gasteiger partial charge >= 0.3 is 5.97 Å². The second-order valence-electron chi connectivity index (χ2n) is 6.67. The number of aliphatic hydroxyl groups is 1. The maximum absolute atomic E-state index is 13.1. The maximum Gasteiger partial charge on any atom is 0.338 e. The number of hydrogen-bond donors (Lipinski definition) is 1. The van der Waals surface area contributed by atoms with E-state index in [0.29, 0.717) is 34.0 Å². The van der Waals surface area contributed by atoms with Gasteiger partial charge in [0.25, 0.3) is 11.8 Å². The molecule has 156 valence electrons. The first-order valence-corrected chi connectivity index (χ1v) is 10.7. The van der Waals surface area contributed by atoms with E-state index in [1.165, 1.54) is 16.7 Å². The Balaban J connectivity index is 1.80. The lowest BCUT2D eigenvalue weighted by molar-refractivity contribution is -0.137. The van der Waals surface area contributed by atoms with E-state index >= 15 is 0 Å². The molecule has 2 aromatic rings. The lowest BCUT2D eigenvalue weighted by Gasteiger charge is -2.15. The van der Waals surface area contributed by atoms with Crippen LogP contribution in [0.1, 0.15) is 34.8 Å². The lowest BCUT2D eigenvalue weighted by Crippen LogP contribution is -2.31. The maximum atomic E-state index is 13.1. The normalized spacial score (nSPS) is 13.9. The fourth-order valence-corrected chi connectivity index (χ4v) is 3.92. The van der Waals surface area contributed by atoms with Crippen LogP contribution < -0.4 is 0 Å². The fraction of sp³-hybridized carbons (Fsp3) is 0.261. The molecule has 0 aliphatic carbocycles. The van der Waals surface area contributed by atoms with Gasteiger partial charge in [-0.05, 0) is 29.7 Å². The molecule has 2 aromatic carbocycles. The predicted molar refractivity (Wildman–Crippen MR) is 115 cm³/mol. The molecule has 0 saturated carbocycles. The van der Waals surface area contributed by atoms with Gasteiger partial charge in [-0.3, -0.25) is 14.5 Å². The van der Waals surface area contributed by atoms with Crippen molar-refractivity contribution < 1.29 is 24.2 Å². The van der Waals surface area contributed by atoms with Crippen molar-refractivity contribution in [3.05, 3.63) is 76.2 Å². The molecule has 6 nitrogen and oxygen atoms in total. The molecule has 2 amide bonds. The van der Waals surface area contributed by atoms with Crippen molar-refractivity contribution in [3.63, 3.8) is 0 Å². The summed E-state index contributed by atoms with van der Waals surface area (Å²) < 4.78 is 5.11. The Bertz CT molecular complexity index is 953. The van der Waals surface area contributed by atoms with E-state index in [9.17, 15) is 19.5 Å². The largest absolute Gasteiger partial charge is 0.462 e. The van der Waals surface area contributed by atoms with Crippen LogP contribution in [0.4, 0.5) is 0 Å². The summed E-state index contributed by atoms with van der Waals surface area (Å²) in [7, 11) is 0. The number of benzene rings is 2. The molecular weight excluding hydrogens is 402 g/mol. The quantitative estimate of drug-likeness (QED) is 0.490. The SMILES string of the molecule is CCCOC(=O)c1ccc(CN2C(=O)C(SCCO)=C(c3ccccc3)C2=O)cc1. The Morgan fingerprint density at radius 1 is 1.03 bits per heavy atom. The van der Waals surface area contributed by atoms with Gasteiger partial charge in [0.05, 0.1) is 35.8 Å². The molecule has 0 unspecified atom stereocenters. The van der Waals surface area contributed by atoms with Gasteiger partial charge in [-0.15, -0.1) is 11.8 Å². The van der Waals surface area contributed by atoms with Crippen LogP contribution in [0.2, 0.25) is 0 Å². The molecule has 3 rings (SSSR count). The van der Waals surface area contributed by atoms with Gasteiger partial charge in [0, 0.05) is 5.75 Å². The number of carbonyl (C=O) groups is 3. The van der Waals surface area contributed by atoms with Gasteiger partial charge in [-0.2, -0.15) is 0 Å². The van der Waals surface area contributed by atoms with E-state index in [0.717, 1.165) is 12.0 Å². The van der Waals surface area contributed by atoms with Crippen LogP contribution in [0.5, 0.6) is 0 Å². The molecule has 7 heteroatoms. The van der Waals surface area contributed by atoms with Crippen molar-refractivity contribution in [1.82, 2.24) is 4.90 Å². The first-order valence-electron chi connectivity index (χ1n) is 9.72. The third-order valence-electron chi connectivity index (χ3n) is 4.49. The van der Waals surface area contributed by atoms with Gasteiger partial charge in [-0.1, -0.05) is 49.4 Å². The molecule has 1 N–H and O–H groups in total. The van der Waals surface area contributed by atoms with Crippen LogP contribution in [0.3, 0.4) is 0 Å². The summed E-state index contributed by atoms with van der Waals surface area (Å²) >= 11 is 1.18. The van der Waals surface area contributed by atoms with Gasteiger partial charge in [0.2, 0.25) is 0 Å². The average Bonchev–Trinajstić information content (AvgIpc) is 3.01. The van der Waals surface area contributed by atoms with Crippen LogP contribution in [0.15, 0.2) is 59.5 Å². The van der Waals surface area contributed by atoms with E-state index in [-0.39, 0.29) is 25.0 Å². The zero-order valence-electron chi connectivity index (χ0n) is 16.7. The van der Waals surface area contributed by atoms with Crippen LogP contribution in [0, 0.1) is 0 Å². The zero-order valence-corrected chi connectivity index (χ0v) is 17.5. The number of aliphatic hydroxyl groups excluding tert-OH is 1. The van der Waals surface area contributed by atoms with Crippen LogP contribution in [-0.2, 0) is 20.9 Å². The Morgan fingerprint density at radius 2 is 1.73 bits per heavy atom. The zero-order chi connectivity index (χ0) is 21.5. The standard InChI is InChI=1S/C23H23NO5S/c1-2-13-29-23(28)18-10-8-16(9-11-18)15-24-21(26)19(17-6-4-3-5-7-17)20(22(24)27)30-14-12-25/h3-11,25H,2,12-15H2,1H3. The van der Waals surface area contributed by atoms with Crippen molar-refractivity contribution in [2.24, 2.45) is 0 Å². The molecular formula is C23H23NO5S. The fourth-order valence-electron chi connectivity index (χ4n) is 3.05. The number of hydrogen-bond acceptors (Lipinski definition) is 6. The Morgan fingerprint density at radius 3 is 2.37 bits per heavy atom. The van der Waals surface area contributed by atoms with E-state index in [2.05, 4.69) is 0 Å². The van der Waals surface area contributed by atoms with Crippen molar-refractivity contribution in [2.75, 3.05) is 19.0 Å². The summed E-state index contributed by atoms with van der Waals surface area (Å²) in [4.78, 5) is 39.5. The first kappa shape index (κ1) is 21.8. The highest BCUT2D eigenvalue weighted by atomic mass is 32.2. The minimum absolute atomic E-state index is 0.0900. The van der Waals surface area contributed by atoms with Crippen molar-refractivity contribution in [3.8, 4) is 0 Å². The number of amides is 2. The smallest absolute Gasteiger partial charge is 0.338 e. The molecule has 30 heavy (non-hydrogen) atoms. The van der Waals surface area contributed by atoms with Crippen LogP contribution in [0.25, 0.3) is 5.57 Å². The van der Waals surface area contributed by atoms with E-state index in [1.807, 2.05) is 25.1 Å². The third-order valence-corrected chi connectivity index (χ3v) is 5.55. The molecule has 0 spiro atoms. The van der Waals surface area contributed by atoms with Crippen LogP contribution in [-0.4, -0.2) is 46.8 Å². The summed E-state index contributed by atoms with van der Waals surface area (Å²) in [5, 5.41) is 9.17. The summed E-state index contributed by atoms with van der Waals surface area (Å²) in [5.74, 6) is -0.804. The van der Waals surface area contributed by atoms with Crippen LogP contribution >= 0.6 is 11.8 Å². The molecule has 0 saturated heterocycles. The van der Waals surface area contributed by atoms with Crippen molar-refractivity contribution in [1.29, 1.82) is 0 Å². The van der Waals surface area contributed by atoms with E-state index in [1.54, 1.807) is 36.4 Å². The Hall–Kier alpha value is -2.90. The molecule has 0 aromatic heterocycles. The van der Waals surface area contributed by atoms with Gasteiger partial charge in [0.15, 0.2) is 0 Å². The summed E-state index contributed by atoms with van der Waals surface area (Å²) in [5.41, 5.74) is 2.18. The number of thioether (sulfide) groups is 1. The number of rotatable bonds is 9. The number of nitrogens with zero attached hydrogens (tertiary/aromatic N) is 1. The van der Waals surface area contributed by atoms with Crippen molar-refractivity contribution >= 4 is 35.1 Å². The molecule has 1 heterocycles. The highest BCUT2D eigenvalue weighted by Gasteiger charge is 2.38. The van der Waals surface area contributed by atoms with E-state index in [4.69, 9.17) is 4.74 Å². The highest BCUT2D eigenvalue weighted by Crippen LogP contribution is 2.36. The second-order valence-corrected chi connectivity index (χ2v) is 7.78. The third kappa shape index (κ3) is 4.80. The summed E-state index contributed by atoms with van der Waals surface area (Å²) in [6.45, 7) is 2.29. The lowest BCUT2D eigenvalue weighted by atomic mass is 10.1. The number of carbonyl (C=O) groups excluding carboxylic acids is 3. The Kier molecular flexibility index (Phi) is 7.43. The summed E-state index contributed by atoms with van der Waals surface area (Å²) in [6.07, 6.45) is 0.746. The molecule has 0 bridgehead atoms.